The van der Waals surface area contributed by atoms with Gasteiger partial charge in [0.15, 0.2) is 11.5 Å². The van der Waals surface area contributed by atoms with E-state index in [1.165, 1.54) is 20.7 Å². The number of ether oxygens (including phenoxy) is 2. The average Bonchev–Trinajstić information content (AvgIpc) is 3.06. The Balaban J connectivity index is 1.53. The van der Waals surface area contributed by atoms with E-state index < -0.39 is 20.0 Å². The Labute approximate surface area is 182 Å². The Morgan fingerprint density at radius 2 is 1.39 bits per heavy atom. The van der Waals surface area contributed by atoms with Gasteiger partial charge in [-0.05, 0) is 36.8 Å². The summed E-state index contributed by atoms with van der Waals surface area (Å²) in [4.78, 5) is 0.289. The molecule has 0 amide bonds. The molecule has 31 heavy (non-hydrogen) atoms. The second kappa shape index (κ2) is 8.65. The van der Waals surface area contributed by atoms with Crippen LogP contribution in [0, 0.1) is 0 Å². The fraction of sp³-hybridized carbons (Fsp3) is 0.400. The number of nitrogens with one attached hydrogen (secondary N) is 1. The van der Waals surface area contributed by atoms with Crippen LogP contribution in [0.4, 0.5) is 5.69 Å². The van der Waals surface area contributed by atoms with Crippen molar-refractivity contribution in [3.63, 3.8) is 0 Å². The van der Waals surface area contributed by atoms with E-state index in [-0.39, 0.29) is 36.0 Å². The van der Waals surface area contributed by atoms with E-state index in [9.17, 15) is 16.8 Å². The summed E-state index contributed by atoms with van der Waals surface area (Å²) in [7, 11) is -5.80. The Morgan fingerprint density at radius 1 is 0.774 bits per heavy atom. The maximum absolute atomic E-state index is 13.2. The van der Waals surface area contributed by atoms with Gasteiger partial charge in [0.05, 0.1) is 9.79 Å². The predicted octanol–water partition coefficient (Wildman–Crippen LogP) is 1.58. The zero-order valence-corrected chi connectivity index (χ0v) is 18.8. The summed E-state index contributed by atoms with van der Waals surface area (Å²) in [5.41, 5.74) is 0.693. The largest absolute Gasteiger partial charge is 0.486 e. The van der Waals surface area contributed by atoms with Gasteiger partial charge in [-0.2, -0.15) is 8.61 Å². The third-order valence-corrected chi connectivity index (χ3v) is 9.12. The minimum absolute atomic E-state index is 0.0712. The van der Waals surface area contributed by atoms with E-state index in [1.807, 2.05) is 0 Å². The van der Waals surface area contributed by atoms with E-state index in [1.54, 1.807) is 37.4 Å². The lowest BCUT2D eigenvalue weighted by molar-refractivity contribution is 0.171. The maximum atomic E-state index is 13.2. The maximum Gasteiger partial charge on any atom is 0.243 e. The van der Waals surface area contributed by atoms with Crippen molar-refractivity contribution in [2.24, 2.45) is 0 Å². The highest BCUT2D eigenvalue weighted by molar-refractivity contribution is 7.89. The van der Waals surface area contributed by atoms with Crippen LogP contribution in [0.25, 0.3) is 0 Å². The number of hydrogen-bond donors (Lipinski definition) is 1. The molecule has 1 N–H and O–H groups in total. The molecule has 0 spiro atoms. The highest BCUT2D eigenvalue weighted by Crippen LogP contribution is 2.33. The first kappa shape index (κ1) is 21.9. The van der Waals surface area contributed by atoms with Crippen LogP contribution in [0.1, 0.15) is 6.42 Å². The van der Waals surface area contributed by atoms with Crippen molar-refractivity contribution in [2.75, 3.05) is 51.8 Å². The minimum atomic E-state index is -3.80. The van der Waals surface area contributed by atoms with Gasteiger partial charge in [-0.15, -0.1) is 0 Å². The van der Waals surface area contributed by atoms with E-state index in [2.05, 4.69) is 5.32 Å². The van der Waals surface area contributed by atoms with Crippen molar-refractivity contribution < 1.29 is 26.3 Å². The fourth-order valence-corrected chi connectivity index (χ4v) is 6.65. The Morgan fingerprint density at radius 3 is 2.03 bits per heavy atom. The Hall–Kier alpha value is -2.34. The zero-order valence-electron chi connectivity index (χ0n) is 17.2. The lowest BCUT2D eigenvalue weighted by Crippen LogP contribution is -2.37. The van der Waals surface area contributed by atoms with Gasteiger partial charge in [0.25, 0.3) is 0 Å². The molecule has 2 aliphatic rings. The first-order chi connectivity index (χ1) is 14.8. The van der Waals surface area contributed by atoms with Crippen molar-refractivity contribution in [3.05, 3.63) is 42.5 Å². The molecule has 0 aromatic heterocycles. The number of rotatable bonds is 5. The number of hydrogen-bond acceptors (Lipinski definition) is 7. The summed E-state index contributed by atoms with van der Waals surface area (Å²) in [6.07, 6.45) is 0.398. The van der Waals surface area contributed by atoms with Crippen molar-refractivity contribution in [2.45, 2.75) is 16.2 Å². The van der Waals surface area contributed by atoms with Crippen LogP contribution < -0.4 is 14.8 Å². The molecule has 9 nitrogen and oxygen atoms in total. The standard InChI is InChI=1S/C20H25N3O6S2/c1-21-16-4-2-5-17(14-16)30(24,25)22-8-3-9-23(11-10-22)31(26,27)18-6-7-19-20(15-18)29-13-12-28-19/h2,4-7,14-15,21H,3,8-13H2,1H3. The molecule has 1 fully saturated rings. The molecule has 1 saturated heterocycles. The molecule has 0 bridgehead atoms. The van der Waals surface area contributed by atoms with Crippen LogP contribution in [0.2, 0.25) is 0 Å². The smallest absolute Gasteiger partial charge is 0.243 e. The highest BCUT2D eigenvalue weighted by atomic mass is 32.2. The van der Waals surface area contributed by atoms with Gasteiger partial charge in [-0.1, -0.05) is 6.07 Å². The van der Waals surface area contributed by atoms with Crippen LogP contribution in [0.15, 0.2) is 52.3 Å². The summed E-state index contributed by atoms with van der Waals surface area (Å²) in [5, 5.41) is 2.93. The average molecular weight is 468 g/mol. The van der Waals surface area contributed by atoms with Crippen LogP contribution in [-0.4, -0.2) is 71.9 Å². The minimum Gasteiger partial charge on any atom is -0.486 e. The first-order valence-corrected chi connectivity index (χ1v) is 12.9. The van der Waals surface area contributed by atoms with Crippen molar-refractivity contribution in [1.82, 2.24) is 8.61 Å². The topological polar surface area (TPSA) is 105 Å². The number of nitrogens with zero attached hydrogens (tertiary/aromatic N) is 2. The summed E-state index contributed by atoms with van der Waals surface area (Å²) in [6.45, 7) is 1.42. The molecule has 0 aliphatic carbocycles. The molecule has 0 saturated carbocycles. The van der Waals surface area contributed by atoms with Gasteiger partial charge in [-0.3, -0.25) is 0 Å². The summed E-state index contributed by atoms with van der Waals surface area (Å²) in [5.74, 6) is 0.915. The molecule has 0 radical (unpaired) electrons. The Bertz CT molecular complexity index is 1170. The molecule has 168 valence electrons. The molecule has 0 atom stereocenters. The molecular formula is C20H25N3O6S2. The summed E-state index contributed by atoms with van der Waals surface area (Å²) < 4.78 is 66.2. The van der Waals surface area contributed by atoms with Gasteiger partial charge >= 0.3 is 0 Å². The second-order valence-electron chi connectivity index (χ2n) is 7.25. The quantitative estimate of drug-likeness (QED) is 0.712. The van der Waals surface area contributed by atoms with E-state index >= 15 is 0 Å². The zero-order chi connectivity index (χ0) is 22.1. The van der Waals surface area contributed by atoms with Gasteiger partial charge in [0.1, 0.15) is 13.2 Å². The predicted molar refractivity (Wildman–Crippen MR) is 116 cm³/mol. The number of sulfonamides is 2. The van der Waals surface area contributed by atoms with Gasteiger partial charge < -0.3 is 14.8 Å². The Kier molecular flexibility index (Phi) is 6.11. The number of benzene rings is 2. The van der Waals surface area contributed by atoms with Gasteiger partial charge in [0, 0.05) is 45.0 Å². The molecule has 0 unspecified atom stereocenters. The number of fused-ring (bicyclic) bond motifs is 1. The third kappa shape index (κ3) is 4.36. The van der Waals surface area contributed by atoms with Gasteiger partial charge in [0.2, 0.25) is 20.0 Å². The molecule has 2 aromatic rings. The molecule has 4 rings (SSSR count). The van der Waals surface area contributed by atoms with Crippen LogP contribution in [-0.2, 0) is 20.0 Å². The lowest BCUT2D eigenvalue weighted by Gasteiger charge is -2.23. The third-order valence-electron chi connectivity index (χ3n) is 5.33. The molecule has 2 aliphatic heterocycles. The van der Waals surface area contributed by atoms with Crippen LogP contribution >= 0.6 is 0 Å². The molecule has 2 aromatic carbocycles. The molecule has 2 heterocycles. The van der Waals surface area contributed by atoms with E-state index in [0.29, 0.717) is 36.8 Å². The van der Waals surface area contributed by atoms with Crippen molar-refractivity contribution >= 4 is 25.7 Å². The summed E-state index contributed by atoms with van der Waals surface area (Å²) in [6, 6.07) is 11.1. The second-order valence-corrected chi connectivity index (χ2v) is 11.1. The molecular weight excluding hydrogens is 442 g/mol. The van der Waals surface area contributed by atoms with Crippen molar-refractivity contribution in [3.8, 4) is 11.5 Å². The van der Waals surface area contributed by atoms with Gasteiger partial charge in [-0.25, -0.2) is 16.8 Å². The van der Waals surface area contributed by atoms with Crippen LogP contribution in [0.5, 0.6) is 11.5 Å². The van der Waals surface area contributed by atoms with Crippen LogP contribution in [0.3, 0.4) is 0 Å². The fourth-order valence-electron chi connectivity index (χ4n) is 3.65. The SMILES string of the molecule is CNc1cccc(S(=O)(=O)N2CCCN(S(=O)(=O)c3ccc4c(c3)OCCO4)CC2)c1. The summed E-state index contributed by atoms with van der Waals surface area (Å²) >= 11 is 0. The van der Waals surface area contributed by atoms with E-state index in [0.717, 1.165) is 0 Å². The number of anilines is 1. The highest BCUT2D eigenvalue weighted by Gasteiger charge is 2.32. The van der Waals surface area contributed by atoms with E-state index in [4.69, 9.17) is 9.47 Å². The lowest BCUT2D eigenvalue weighted by atomic mass is 10.3. The van der Waals surface area contributed by atoms with Crippen molar-refractivity contribution in [1.29, 1.82) is 0 Å². The molecule has 11 heteroatoms. The normalized spacial score (nSPS) is 18.4. The monoisotopic (exact) mass is 467 g/mol. The first-order valence-electron chi connectivity index (χ1n) is 10.00.